The highest BCUT2D eigenvalue weighted by molar-refractivity contribution is 5.78. The van der Waals surface area contributed by atoms with Gasteiger partial charge in [0.05, 0.1) is 6.04 Å². The standard InChI is InChI=1S/C29H24N2O3/c1-4-5-6-7-8-9-10-11-12-13-14-15-16-19-25-20-17-18-23(2)27(25)28-26(21-34-22-32)24(3)30-29(33)31-28/h22-23,25,27-28H,17-18,20-21H2,1-3H3,(H2,30,31,33). The number of rotatable bonds is 4. The number of nitrogens with one attached hydrogen (secondary N) is 2. The fraction of sp³-hybridized carbons (Fsp3) is 0.379. The first-order valence-electron chi connectivity index (χ1n) is 10.8. The topological polar surface area (TPSA) is 67.4 Å². The van der Waals surface area contributed by atoms with Gasteiger partial charge in [-0.25, -0.2) is 4.79 Å². The molecule has 4 unspecified atom stereocenters. The Hall–Kier alpha value is -4.60. The second-order valence-electron chi connectivity index (χ2n) is 7.62. The second-order valence-corrected chi connectivity index (χ2v) is 7.62. The van der Waals surface area contributed by atoms with Crippen LogP contribution in [-0.2, 0) is 9.53 Å². The van der Waals surface area contributed by atoms with Crippen LogP contribution in [0, 0.1) is 101 Å². The molecule has 5 nitrogen and oxygen atoms in total. The van der Waals surface area contributed by atoms with E-state index in [1.54, 1.807) is 6.92 Å². The van der Waals surface area contributed by atoms with Crippen molar-refractivity contribution in [1.82, 2.24) is 10.6 Å². The molecular weight excluding hydrogens is 424 g/mol. The highest BCUT2D eigenvalue weighted by Gasteiger charge is 2.40. The van der Waals surface area contributed by atoms with Gasteiger partial charge in [-0.3, -0.25) is 4.79 Å². The van der Waals surface area contributed by atoms with E-state index in [9.17, 15) is 9.59 Å². The van der Waals surface area contributed by atoms with Gasteiger partial charge in [0.25, 0.3) is 6.47 Å². The molecule has 2 amide bonds. The smallest absolute Gasteiger partial charge is 0.319 e. The molecule has 2 aliphatic rings. The summed E-state index contributed by atoms with van der Waals surface area (Å²) in [6.45, 7) is 6.22. The minimum atomic E-state index is -0.260. The molecule has 2 N–H and O–H groups in total. The minimum absolute atomic E-state index is 0.0435. The Morgan fingerprint density at radius 3 is 2.12 bits per heavy atom. The molecule has 0 bridgehead atoms. The van der Waals surface area contributed by atoms with E-state index < -0.39 is 0 Å². The van der Waals surface area contributed by atoms with Crippen LogP contribution >= 0.6 is 0 Å². The summed E-state index contributed by atoms with van der Waals surface area (Å²) >= 11 is 0. The van der Waals surface area contributed by atoms with Crippen molar-refractivity contribution in [3.05, 3.63) is 11.3 Å². The van der Waals surface area contributed by atoms with Crippen molar-refractivity contribution in [3.63, 3.8) is 0 Å². The van der Waals surface area contributed by atoms with E-state index in [0.717, 1.165) is 24.8 Å². The summed E-state index contributed by atoms with van der Waals surface area (Å²) in [7, 11) is 0. The van der Waals surface area contributed by atoms with Gasteiger partial charge in [0, 0.05) is 17.2 Å². The molecule has 1 aliphatic heterocycles. The van der Waals surface area contributed by atoms with Gasteiger partial charge < -0.3 is 15.4 Å². The first-order valence-corrected chi connectivity index (χ1v) is 10.8. The number of carbonyl (C=O) groups excluding carboxylic acids is 2. The minimum Gasteiger partial charge on any atom is -0.463 e. The van der Waals surface area contributed by atoms with E-state index in [2.05, 4.69) is 100 Å². The quantitative estimate of drug-likeness (QED) is 0.512. The van der Waals surface area contributed by atoms with Gasteiger partial charge in [-0.15, -0.1) is 0 Å². The van der Waals surface area contributed by atoms with E-state index in [0.29, 0.717) is 18.1 Å². The zero-order valence-electron chi connectivity index (χ0n) is 19.4. The Bertz CT molecular complexity index is 1270. The number of ether oxygens (including phenoxy) is 1. The lowest BCUT2D eigenvalue weighted by molar-refractivity contribution is -0.128. The summed E-state index contributed by atoms with van der Waals surface area (Å²) in [6.07, 6.45) is 3.00. The highest BCUT2D eigenvalue weighted by atomic mass is 16.5. The van der Waals surface area contributed by atoms with Gasteiger partial charge >= 0.3 is 6.03 Å². The Balaban J connectivity index is 2.13. The molecule has 34 heavy (non-hydrogen) atoms. The van der Waals surface area contributed by atoms with Gasteiger partial charge in [0.15, 0.2) is 0 Å². The molecule has 0 aromatic rings. The Morgan fingerprint density at radius 1 is 0.941 bits per heavy atom. The van der Waals surface area contributed by atoms with Crippen molar-refractivity contribution in [3.8, 4) is 82.9 Å². The van der Waals surface area contributed by atoms with Crippen LogP contribution in [-0.4, -0.2) is 25.2 Å². The van der Waals surface area contributed by atoms with Crippen molar-refractivity contribution < 1.29 is 14.3 Å². The van der Waals surface area contributed by atoms with E-state index in [-0.39, 0.29) is 30.5 Å². The van der Waals surface area contributed by atoms with Crippen LogP contribution in [0.2, 0.25) is 0 Å². The summed E-state index contributed by atoms with van der Waals surface area (Å²) in [5.41, 5.74) is 1.57. The van der Waals surface area contributed by atoms with Crippen molar-refractivity contribution >= 4 is 12.5 Å². The van der Waals surface area contributed by atoms with E-state index in [1.807, 2.05) is 6.92 Å². The lowest BCUT2D eigenvalue weighted by Crippen LogP contribution is -2.55. The van der Waals surface area contributed by atoms with E-state index in [4.69, 9.17) is 4.74 Å². The third-order valence-corrected chi connectivity index (χ3v) is 5.50. The van der Waals surface area contributed by atoms with Crippen LogP contribution in [0.3, 0.4) is 0 Å². The second kappa shape index (κ2) is 14.5. The van der Waals surface area contributed by atoms with Crippen molar-refractivity contribution in [2.24, 2.45) is 17.8 Å². The third-order valence-electron chi connectivity index (χ3n) is 5.50. The summed E-state index contributed by atoms with van der Waals surface area (Å²) < 4.78 is 5.02. The predicted octanol–water partition coefficient (Wildman–Crippen LogP) is 2.21. The van der Waals surface area contributed by atoms with Gasteiger partial charge in [0.1, 0.15) is 6.61 Å². The lowest BCUT2D eigenvalue weighted by Gasteiger charge is -2.42. The lowest BCUT2D eigenvalue weighted by atomic mass is 9.67. The number of amides is 2. The number of carbonyl (C=O) groups is 2. The summed E-state index contributed by atoms with van der Waals surface area (Å²) in [4.78, 5) is 22.9. The first kappa shape index (κ1) is 25.7. The van der Waals surface area contributed by atoms with Gasteiger partial charge in [-0.1, -0.05) is 31.6 Å². The summed E-state index contributed by atoms with van der Waals surface area (Å²) in [5, 5.41) is 5.78. The van der Waals surface area contributed by atoms with Crippen LogP contribution in [0.1, 0.15) is 40.0 Å². The highest BCUT2D eigenvalue weighted by Crippen LogP contribution is 2.39. The molecule has 0 aromatic carbocycles. The maximum atomic E-state index is 12.2. The molecule has 0 saturated heterocycles. The molecule has 0 spiro atoms. The van der Waals surface area contributed by atoms with E-state index >= 15 is 0 Å². The van der Waals surface area contributed by atoms with Crippen molar-refractivity contribution in [2.45, 2.75) is 46.1 Å². The fourth-order valence-electron chi connectivity index (χ4n) is 4.07. The molecule has 0 radical (unpaired) electrons. The van der Waals surface area contributed by atoms with Crippen LogP contribution in [0.5, 0.6) is 0 Å². The Morgan fingerprint density at radius 2 is 1.53 bits per heavy atom. The average molecular weight is 449 g/mol. The largest absolute Gasteiger partial charge is 0.463 e. The van der Waals surface area contributed by atoms with Crippen molar-refractivity contribution in [1.29, 1.82) is 0 Å². The average Bonchev–Trinajstić information content (AvgIpc) is 2.81. The monoisotopic (exact) mass is 448 g/mol. The van der Waals surface area contributed by atoms with Crippen LogP contribution in [0.15, 0.2) is 11.3 Å². The number of urea groups is 1. The van der Waals surface area contributed by atoms with E-state index in [1.165, 1.54) is 0 Å². The molecule has 1 saturated carbocycles. The molecule has 1 heterocycles. The summed E-state index contributed by atoms with van der Waals surface area (Å²) in [5.74, 6) is 37.8. The molecule has 0 aromatic heterocycles. The number of hydrogen-bond donors (Lipinski definition) is 2. The normalized spacial score (nSPS) is 21.8. The third kappa shape index (κ3) is 8.15. The van der Waals surface area contributed by atoms with Crippen molar-refractivity contribution in [2.75, 3.05) is 6.61 Å². The molecular formula is C29H24N2O3. The maximum absolute atomic E-state index is 12.2. The molecule has 1 aliphatic carbocycles. The van der Waals surface area contributed by atoms with Gasteiger partial charge in [-0.05, 0) is 103 Å². The number of hydrogen-bond acceptors (Lipinski definition) is 3. The SMILES string of the molecule is CC#CC#CC#CC#CC#CC#CC#CC1CCCC(C)C1C1NC(=O)NC(C)=C1COC=O. The molecule has 2 rings (SSSR count). The van der Waals surface area contributed by atoms with Crippen LogP contribution in [0.4, 0.5) is 4.79 Å². The molecule has 1 fully saturated rings. The zero-order valence-corrected chi connectivity index (χ0v) is 19.4. The predicted molar refractivity (Wildman–Crippen MR) is 130 cm³/mol. The Labute approximate surface area is 202 Å². The summed E-state index contributed by atoms with van der Waals surface area (Å²) in [6, 6.07) is -0.518. The number of allylic oxidation sites excluding steroid dienone is 1. The fourth-order valence-corrected chi connectivity index (χ4v) is 4.07. The molecule has 4 atom stereocenters. The van der Waals surface area contributed by atoms with Gasteiger partial charge in [0.2, 0.25) is 0 Å². The van der Waals surface area contributed by atoms with Crippen LogP contribution in [0.25, 0.3) is 0 Å². The Kier molecular flexibility index (Phi) is 10.9. The van der Waals surface area contributed by atoms with Crippen LogP contribution < -0.4 is 10.6 Å². The maximum Gasteiger partial charge on any atom is 0.319 e. The molecule has 168 valence electrons. The van der Waals surface area contributed by atoms with Gasteiger partial charge in [-0.2, -0.15) is 0 Å². The zero-order chi connectivity index (χ0) is 24.6. The molecule has 5 heteroatoms. The first-order chi connectivity index (χ1) is 16.6.